The predicted molar refractivity (Wildman–Crippen MR) is 49.0 cm³/mol. The molecule has 3 heteroatoms. The Kier molecular flexibility index (Phi) is 4.24. The Labute approximate surface area is 74.6 Å². The highest BCUT2D eigenvalue weighted by Gasteiger charge is 2.33. The highest BCUT2D eigenvalue weighted by atomic mass is 16.4. The minimum Gasteiger partial charge on any atom is -0.477 e. The lowest BCUT2D eigenvalue weighted by Crippen LogP contribution is -2.57. The van der Waals surface area contributed by atoms with E-state index in [9.17, 15) is 4.79 Å². The van der Waals surface area contributed by atoms with Crippen molar-refractivity contribution in [1.29, 1.82) is 0 Å². The van der Waals surface area contributed by atoms with Gasteiger partial charge in [-0.2, -0.15) is 0 Å². The number of likely N-dealkylation sites (N-methyl/N-ethyl adjacent to an activating group) is 1. The summed E-state index contributed by atoms with van der Waals surface area (Å²) in [7, 11) is 0. The average Bonchev–Trinajstić information content (AvgIpc) is 2.08. The predicted octanol–water partition coefficient (Wildman–Crippen LogP) is 1.34. The third-order valence-electron chi connectivity index (χ3n) is 3.07. The standard InChI is InChI=1S/C9H19NO2/c1-5-10(6-2,7-3)8(4)9(11)12/h8H,5-7H2,1-4H3/p+1. The van der Waals surface area contributed by atoms with Gasteiger partial charge in [0, 0.05) is 0 Å². The van der Waals surface area contributed by atoms with E-state index < -0.39 is 5.97 Å². The SMILES string of the molecule is CC[N+](CC)(CC)C(C)C(=O)O. The molecule has 0 saturated carbocycles. The Bertz CT molecular complexity index is 144. The zero-order valence-electron chi connectivity index (χ0n) is 8.50. The van der Waals surface area contributed by atoms with Gasteiger partial charge in [0.15, 0.2) is 6.04 Å². The molecule has 1 N–H and O–H groups in total. The summed E-state index contributed by atoms with van der Waals surface area (Å²) in [5.74, 6) is -0.694. The van der Waals surface area contributed by atoms with E-state index in [0.717, 1.165) is 19.6 Å². The van der Waals surface area contributed by atoms with Crippen molar-refractivity contribution in [2.75, 3.05) is 19.6 Å². The molecule has 0 aromatic rings. The van der Waals surface area contributed by atoms with Crippen LogP contribution in [0.2, 0.25) is 0 Å². The normalized spacial score (nSPS) is 14.3. The van der Waals surface area contributed by atoms with Gasteiger partial charge in [0.2, 0.25) is 0 Å². The van der Waals surface area contributed by atoms with Gasteiger partial charge < -0.3 is 9.59 Å². The van der Waals surface area contributed by atoms with E-state index in [1.165, 1.54) is 0 Å². The maximum atomic E-state index is 10.8. The van der Waals surface area contributed by atoms with E-state index in [1.807, 2.05) is 20.8 Å². The van der Waals surface area contributed by atoms with Crippen molar-refractivity contribution < 1.29 is 14.4 Å². The number of rotatable bonds is 5. The van der Waals surface area contributed by atoms with Crippen molar-refractivity contribution in [3.8, 4) is 0 Å². The van der Waals surface area contributed by atoms with Gasteiger partial charge in [0.25, 0.3) is 0 Å². The molecule has 0 fully saturated rings. The lowest BCUT2D eigenvalue weighted by atomic mass is 10.2. The van der Waals surface area contributed by atoms with Crippen LogP contribution in [-0.2, 0) is 4.79 Å². The molecule has 0 spiro atoms. The van der Waals surface area contributed by atoms with Crippen molar-refractivity contribution in [3.63, 3.8) is 0 Å². The minimum atomic E-state index is -0.694. The monoisotopic (exact) mass is 174 g/mol. The molecule has 0 heterocycles. The van der Waals surface area contributed by atoms with E-state index >= 15 is 0 Å². The van der Waals surface area contributed by atoms with E-state index in [-0.39, 0.29) is 6.04 Å². The number of hydrogen-bond acceptors (Lipinski definition) is 1. The second-order valence-electron chi connectivity index (χ2n) is 3.18. The van der Waals surface area contributed by atoms with Crippen LogP contribution in [-0.4, -0.2) is 41.2 Å². The molecule has 0 amide bonds. The van der Waals surface area contributed by atoms with Gasteiger partial charge in [-0.1, -0.05) is 0 Å². The van der Waals surface area contributed by atoms with Crippen LogP contribution in [0.25, 0.3) is 0 Å². The second kappa shape index (κ2) is 4.45. The summed E-state index contributed by atoms with van der Waals surface area (Å²) >= 11 is 0. The third-order valence-corrected chi connectivity index (χ3v) is 3.07. The highest BCUT2D eigenvalue weighted by molar-refractivity contribution is 5.71. The Hall–Kier alpha value is -0.570. The molecule has 3 nitrogen and oxygen atoms in total. The van der Waals surface area contributed by atoms with Crippen molar-refractivity contribution in [1.82, 2.24) is 0 Å². The van der Waals surface area contributed by atoms with Gasteiger partial charge in [-0.05, 0) is 27.7 Å². The summed E-state index contributed by atoms with van der Waals surface area (Å²) in [5.41, 5.74) is 0. The van der Waals surface area contributed by atoms with Gasteiger partial charge in [0.1, 0.15) is 0 Å². The molecular formula is C9H20NO2+. The Morgan fingerprint density at radius 1 is 1.25 bits per heavy atom. The fraction of sp³-hybridized carbons (Fsp3) is 0.889. The molecule has 1 atom stereocenters. The Balaban J connectivity index is 4.58. The minimum absolute atomic E-state index is 0.287. The smallest absolute Gasteiger partial charge is 0.362 e. The summed E-state index contributed by atoms with van der Waals surface area (Å²) in [6, 6.07) is -0.287. The summed E-state index contributed by atoms with van der Waals surface area (Å²) in [6.07, 6.45) is 0. The van der Waals surface area contributed by atoms with E-state index in [1.54, 1.807) is 6.92 Å². The van der Waals surface area contributed by atoms with Crippen LogP contribution < -0.4 is 0 Å². The van der Waals surface area contributed by atoms with Crippen molar-refractivity contribution in [3.05, 3.63) is 0 Å². The van der Waals surface area contributed by atoms with Gasteiger partial charge in [0.05, 0.1) is 19.6 Å². The van der Waals surface area contributed by atoms with E-state index in [0.29, 0.717) is 4.48 Å². The van der Waals surface area contributed by atoms with Gasteiger partial charge in [-0.3, -0.25) is 0 Å². The summed E-state index contributed by atoms with van der Waals surface area (Å²) in [6.45, 7) is 10.6. The molecule has 0 aliphatic carbocycles. The van der Waals surface area contributed by atoms with Gasteiger partial charge in [-0.25, -0.2) is 4.79 Å². The number of aliphatic carboxylic acids is 1. The molecule has 0 aromatic heterocycles. The lowest BCUT2D eigenvalue weighted by Gasteiger charge is -2.39. The number of nitrogens with zero attached hydrogens (tertiary/aromatic N) is 1. The molecule has 0 aromatic carbocycles. The molecule has 12 heavy (non-hydrogen) atoms. The molecule has 0 aliphatic heterocycles. The highest BCUT2D eigenvalue weighted by Crippen LogP contribution is 2.12. The molecular weight excluding hydrogens is 154 g/mol. The van der Waals surface area contributed by atoms with Crippen LogP contribution in [0.3, 0.4) is 0 Å². The zero-order chi connectivity index (χ0) is 9.78. The largest absolute Gasteiger partial charge is 0.477 e. The van der Waals surface area contributed by atoms with Crippen LogP contribution in [0.5, 0.6) is 0 Å². The first kappa shape index (κ1) is 11.4. The van der Waals surface area contributed by atoms with E-state index in [2.05, 4.69) is 0 Å². The molecule has 1 unspecified atom stereocenters. The molecule has 0 bridgehead atoms. The van der Waals surface area contributed by atoms with Crippen LogP contribution >= 0.6 is 0 Å². The molecule has 0 rings (SSSR count). The third kappa shape index (κ3) is 1.97. The second-order valence-corrected chi connectivity index (χ2v) is 3.18. The number of carbonyl (C=O) groups is 1. The molecule has 0 saturated heterocycles. The van der Waals surface area contributed by atoms with Gasteiger partial charge >= 0.3 is 5.97 Å². The maximum absolute atomic E-state index is 10.8. The van der Waals surface area contributed by atoms with Crippen LogP contribution in [0.15, 0.2) is 0 Å². The Morgan fingerprint density at radius 3 is 1.67 bits per heavy atom. The van der Waals surface area contributed by atoms with Crippen molar-refractivity contribution >= 4 is 5.97 Å². The van der Waals surface area contributed by atoms with Crippen LogP contribution in [0.4, 0.5) is 0 Å². The zero-order valence-corrected chi connectivity index (χ0v) is 8.50. The fourth-order valence-electron chi connectivity index (χ4n) is 1.73. The summed E-state index contributed by atoms with van der Waals surface area (Å²) in [5, 5.41) is 8.90. The number of quaternary nitrogens is 1. The fourth-order valence-corrected chi connectivity index (χ4v) is 1.73. The average molecular weight is 174 g/mol. The first-order chi connectivity index (χ1) is 5.54. The topological polar surface area (TPSA) is 37.3 Å². The summed E-state index contributed by atoms with van der Waals surface area (Å²) in [4.78, 5) is 10.8. The molecule has 72 valence electrons. The maximum Gasteiger partial charge on any atom is 0.362 e. The van der Waals surface area contributed by atoms with Crippen molar-refractivity contribution in [2.45, 2.75) is 33.7 Å². The van der Waals surface area contributed by atoms with Crippen LogP contribution in [0.1, 0.15) is 27.7 Å². The lowest BCUT2D eigenvalue weighted by molar-refractivity contribution is -0.936. The quantitative estimate of drug-likeness (QED) is 0.638. The number of carboxylic acid groups (broad SMARTS) is 1. The first-order valence-electron chi connectivity index (χ1n) is 4.62. The van der Waals surface area contributed by atoms with Gasteiger partial charge in [-0.15, -0.1) is 0 Å². The van der Waals surface area contributed by atoms with Crippen molar-refractivity contribution in [2.24, 2.45) is 0 Å². The summed E-state index contributed by atoms with van der Waals surface area (Å²) < 4.78 is 0.676. The number of hydrogen-bond donors (Lipinski definition) is 1. The molecule has 0 aliphatic rings. The van der Waals surface area contributed by atoms with E-state index in [4.69, 9.17) is 5.11 Å². The Morgan fingerprint density at radius 2 is 1.58 bits per heavy atom. The first-order valence-corrected chi connectivity index (χ1v) is 4.62. The number of carboxylic acids is 1. The molecule has 0 radical (unpaired) electrons. The van der Waals surface area contributed by atoms with Crippen LogP contribution in [0, 0.1) is 0 Å².